The van der Waals surface area contributed by atoms with Crippen LogP contribution in [0.3, 0.4) is 0 Å². The first-order valence-corrected chi connectivity index (χ1v) is 17.5. The molecule has 232 valence electrons. The average molecular weight is 877 g/mol. The van der Waals surface area contributed by atoms with Crippen LogP contribution in [0, 0.1) is 13.0 Å². The molecule has 0 spiro atoms. The molecule has 5 aromatic rings. The van der Waals surface area contributed by atoms with Gasteiger partial charge in [0, 0.05) is 10.6 Å². The van der Waals surface area contributed by atoms with Gasteiger partial charge in [0.15, 0.2) is 4.80 Å². The van der Waals surface area contributed by atoms with Gasteiger partial charge >= 0.3 is 5.97 Å². The normalized spacial score (nSPS) is 14.5. The summed E-state index contributed by atoms with van der Waals surface area (Å²) in [4.78, 5) is 33.0. The molecule has 0 N–H and O–H groups in total. The van der Waals surface area contributed by atoms with Crippen LogP contribution in [0.25, 0.3) is 11.8 Å². The zero-order valence-electron chi connectivity index (χ0n) is 24.2. The molecule has 1 atom stereocenters. The summed E-state index contributed by atoms with van der Waals surface area (Å²) in [5.74, 6) is -0.279. The summed E-state index contributed by atoms with van der Waals surface area (Å²) in [6.45, 7) is 2.22. The Hall–Kier alpha value is -3.33. The number of aromatic nitrogens is 1. The minimum Gasteiger partial charge on any atom is -0.487 e. The Morgan fingerprint density at radius 1 is 1.02 bits per heavy atom. The highest BCUT2D eigenvalue weighted by Crippen LogP contribution is 2.35. The fourth-order valence-corrected chi connectivity index (χ4v) is 8.48. The van der Waals surface area contributed by atoms with Gasteiger partial charge in [-0.3, -0.25) is 9.36 Å². The second kappa shape index (κ2) is 14.2. The van der Waals surface area contributed by atoms with Gasteiger partial charge < -0.3 is 9.47 Å². The lowest BCUT2D eigenvalue weighted by molar-refractivity contribution is -0.138. The lowest BCUT2D eigenvalue weighted by atomic mass is 9.93. The van der Waals surface area contributed by atoms with Crippen LogP contribution < -0.4 is 19.6 Å². The van der Waals surface area contributed by atoms with E-state index in [4.69, 9.17) is 26.1 Å². The molecule has 6 nitrogen and oxygen atoms in total. The fourth-order valence-electron chi connectivity index (χ4n) is 5.14. The lowest BCUT2D eigenvalue weighted by Gasteiger charge is -2.25. The molecule has 1 aliphatic heterocycles. The molecule has 0 bridgehead atoms. The maximum atomic E-state index is 14.2. The van der Waals surface area contributed by atoms with E-state index in [0.29, 0.717) is 37.8 Å². The molecule has 1 aliphatic rings. The summed E-state index contributed by atoms with van der Waals surface area (Å²) in [5.41, 5.74) is 3.32. The van der Waals surface area contributed by atoms with E-state index in [1.54, 1.807) is 19.1 Å². The summed E-state index contributed by atoms with van der Waals surface area (Å²) in [6, 6.07) is 25.6. The molecular weight excluding hydrogens is 853 g/mol. The number of rotatable bonds is 8. The van der Waals surface area contributed by atoms with Gasteiger partial charge in [0.05, 0.1) is 35.6 Å². The molecule has 0 saturated carbocycles. The Balaban J connectivity index is 1.47. The van der Waals surface area contributed by atoms with Crippen molar-refractivity contribution in [2.45, 2.75) is 19.6 Å². The highest BCUT2D eigenvalue weighted by Gasteiger charge is 2.35. The highest BCUT2D eigenvalue weighted by atomic mass is 127. The number of esters is 1. The molecule has 4 aromatic carbocycles. The summed E-state index contributed by atoms with van der Waals surface area (Å²) in [5, 5.41) is 0.647. The van der Waals surface area contributed by atoms with Gasteiger partial charge in [-0.2, -0.15) is 0 Å². The van der Waals surface area contributed by atoms with E-state index >= 15 is 0 Å². The molecule has 1 aromatic heterocycles. The van der Waals surface area contributed by atoms with Crippen molar-refractivity contribution in [3.05, 3.63) is 156 Å². The number of carbonyl (C=O) groups is 1. The van der Waals surface area contributed by atoms with Crippen molar-refractivity contribution in [3.63, 3.8) is 0 Å². The quantitative estimate of drug-likeness (QED) is 0.120. The van der Waals surface area contributed by atoms with Crippen LogP contribution in [0.5, 0.6) is 5.75 Å². The second-order valence-electron chi connectivity index (χ2n) is 10.2. The fraction of sp³-hybridized carbons (Fsp3) is 0.114. The van der Waals surface area contributed by atoms with E-state index in [-0.39, 0.29) is 17.7 Å². The summed E-state index contributed by atoms with van der Waals surface area (Å²) >= 11 is 11.8. The van der Waals surface area contributed by atoms with E-state index in [1.165, 1.54) is 28.0 Å². The summed E-state index contributed by atoms with van der Waals surface area (Å²) in [6.07, 6.45) is 1.81. The highest BCUT2D eigenvalue weighted by molar-refractivity contribution is 14.1. The van der Waals surface area contributed by atoms with Crippen LogP contribution in [0.15, 0.2) is 106 Å². The predicted molar refractivity (Wildman–Crippen MR) is 195 cm³/mol. The summed E-state index contributed by atoms with van der Waals surface area (Å²) in [7, 11) is 0. The van der Waals surface area contributed by atoms with E-state index in [0.717, 1.165) is 24.0 Å². The molecule has 0 unspecified atom stereocenters. The second-order valence-corrected chi connectivity index (χ2v) is 14.0. The van der Waals surface area contributed by atoms with Crippen molar-refractivity contribution in [2.24, 2.45) is 4.99 Å². The number of thiazole rings is 1. The third kappa shape index (κ3) is 6.85. The largest absolute Gasteiger partial charge is 0.487 e. The number of nitrogens with zero attached hydrogens (tertiary/aromatic N) is 2. The Morgan fingerprint density at radius 2 is 1.74 bits per heavy atom. The van der Waals surface area contributed by atoms with E-state index in [2.05, 4.69) is 45.2 Å². The molecule has 11 heteroatoms. The molecule has 6 rings (SSSR count). The smallest absolute Gasteiger partial charge is 0.338 e. The third-order valence-electron chi connectivity index (χ3n) is 7.15. The maximum absolute atomic E-state index is 14.2. The Labute approximate surface area is 300 Å². The monoisotopic (exact) mass is 876 g/mol. The lowest BCUT2D eigenvalue weighted by Crippen LogP contribution is -2.40. The van der Waals surface area contributed by atoms with Crippen LogP contribution in [0.1, 0.15) is 35.2 Å². The molecule has 0 radical (unpaired) electrons. The molecule has 2 heterocycles. The minimum atomic E-state index is -0.879. The first-order chi connectivity index (χ1) is 22.2. The molecule has 0 fully saturated rings. The first kappa shape index (κ1) is 32.6. The van der Waals surface area contributed by atoms with Gasteiger partial charge in [-0.1, -0.05) is 77.5 Å². The minimum absolute atomic E-state index is 0.140. The number of halogens is 4. The van der Waals surface area contributed by atoms with E-state index in [9.17, 15) is 14.0 Å². The average Bonchev–Trinajstić information content (AvgIpc) is 3.35. The number of ether oxygens (including phenoxy) is 2. The van der Waals surface area contributed by atoms with E-state index in [1.807, 2.05) is 72.8 Å². The van der Waals surface area contributed by atoms with Crippen LogP contribution in [0.4, 0.5) is 4.39 Å². The molecule has 0 aliphatic carbocycles. The van der Waals surface area contributed by atoms with Crippen LogP contribution >= 0.6 is 68.1 Å². The number of benzene rings is 4. The van der Waals surface area contributed by atoms with Crippen molar-refractivity contribution in [1.29, 1.82) is 0 Å². The molecule has 0 saturated heterocycles. The van der Waals surface area contributed by atoms with Crippen LogP contribution in [0.2, 0.25) is 5.02 Å². The third-order valence-corrected chi connectivity index (χ3v) is 9.97. The predicted octanol–water partition coefficient (Wildman–Crippen LogP) is 7.52. The Bertz CT molecular complexity index is 2140. The van der Waals surface area contributed by atoms with Crippen LogP contribution in [-0.4, -0.2) is 17.1 Å². The summed E-state index contributed by atoms with van der Waals surface area (Å²) < 4.78 is 29.4. The van der Waals surface area contributed by atoms with E-state index < -0.39 is 17.8 Å². The van der Waals surface area contributed by atoms with Gasteiger partial charge in [0.25, 0.3) is 5.56 Å². The number of hydrogen-bond acceptors (Lipinski definition) is 6. The van der Waals surface area contributed by atoms with Gasteiger partial charge in [0.1, 0.15) is 18.2 Å². The first-order valence-electron chi connectivity index (χ1n) is 14.1. The number of carbonyl (C=O) groups excluding carboxylic acids is 1. The van der Waals surface area contributed by atoms with Crippen molar-refractivity contribution in [1.82, 2.24) is 4.57 Å². The van der Waals surface area contributed by atoms with Crippen molar-refractivity contribution >= 4 is 85.9 Å². The van der Waals surface area contributed by atoms with Crippen molar-refractivity contribution < 1.29 is 18.7 Å². The van der Waals surface area contributed by atoms with Gasteiger partial charge in [-0.25, -0.2) is 14.2 Å². The molecule has 0 amide bonds. The maximum Gasteiger partial charge on any atom is 0.338 e. The zero-order valence-corrected chi connectivity index (χ0v) is 30.1. The van der Waals surface area contributed by atoms with Gasteiger partial charge in [0.2, 0.25) is 0 Å². The molecule has 46 heavy (non-hydrogen) atoms. The standard InChI is InChI=1S/C35H24ClFI2N2O4S/c1-2-44-34(43)29-30(22-8-4-3-5-9-22)40-35-41(31(29)23-11-13-25(37)14-12-23)33(42)28(46-35)18-21-16-26(38)32(27(39)17-21)45-19-20-7-6-10-24(36)15-20/h3-18,31H,2,19H2,1H3/b28-18-/t31-/m0/s1. The zero-order chi connectivity index (χ0) is 32.4. The van der Waals surface area contributed by atoms with Crippen molar-refractivity contribution in [3.8, 4) is 5.75 Å². The SMILES string of the molecule is CCOC(=O)C1=C(c2ccccc2)N=c2s/c(=C\c3cc(I)c(OCc4cccc(Cl)c4)c(I)c3)c(=O)n2[C@H]1c1ccc(F)cc1. The Kier molecular flexibility index (Phi) is 10.1. The van der Waals surface area contributed by atoms with Gasteiger partial charge in [-0.15, -0.1) is 0 Å². The number of hydrogen-bond donors (Lipinski definition) is 0. The molecular formula is C35H24ClFI2N2O4S. The van der Waals surface area contributed by atoms with Gasteiger partial charge in [-0.05, 0) is 111 Å². The van der Waals surface area contributed by atoms with Crippen LogP contribution in [-0.2, 0) is 16.1 Å². The Morgan fingerprint density at radius 3 is 2.41 bits per heavy atom. The number of fused-ring (bicyclic) bond motifs is 1. The topological polar surface area (TPSA) is 69.9 Å². The van der Waals surface area contributed by atoms with Crippen molar-refractivity contribution in [2.75, 3.05) is 6.61 Å².